The summed E-state index contributed by atoms with van der Waals surface area (Å²) in [5.74, 6) is -3.99. The third-order valence-electron chi connectivity index (χ3n) is 4.69. The lowest BCUT2D eigenvalue weighted by Gasteiger charge is -2.44. The Morgan fingerprint density at radius 1 is 0.875 bits per heavy atom. The number of alkyl carbamates (subject to hydrolysis) is 1. The van der Waals surface area contributed by atoms with Crippen LogP contribution in [0.15, 0.2) is 12.7 Å². The average molecular weight is 592 g/mol. The SMILES string of the molecule is C=CCOC(=O)[C@H](CS[C@@H]1O[C@H](COC(C)=O)[C@H](OC(C)=O)[C@H](OC(C)=O)[C@H]1OC(C)=O)NC(=O)OC(C)(C)C. The monoisotopic (exact) mass is 591 g/mol. The maximum Gasteiger partial charge on any atom is 0.408 e. The Balaban J connectivity index is 3.36. The quantitative estimate of drug-likeness (QED) is 0.196. The van der Waals surface area contributed by atoms with E-state index in [1.54, 1.807) is 20.8 Å². The normalized spacial score (nSPS) is 23.0. The molecule has 1 rings (SSSR count). The number of esters is 5. The van der Waals surface area contributed by atoms with Gasteiger partial charge in [-0.2, -0.15) is 0 Å². The van der Waals surface area contributed by atoms with Crippen molar-refractivity contribution < 1.29 is 61.9 Å². The van der Waals surface area contributed by atoms with Crippen molar-refractivity contribution in [2.45, 2.75) is 90.0 Å². The first-order valence-electron chi connectivity index (χ1n) is 12.2. The maximum atomic E-state index is 12.7. The van der Waals surface area contributed by atoms with Gasteiger partial charge >= 0.3 is 35.9 Å². The molecule has 226 valence electrons. The molecule has 1 heterocycles. The zero-order chi connectivity index (χ0) is 30.6. The van der Waals surface area contributed by atoms with Crippen molar-refractivity contribution in [1.29, 1.82) is 0 Å². The molecule has 0 aromatic rings. The first-order chi connectivity index (χ1) is 18.5. The van der Waals surface area contributed by atoms with E-state index in [0.29, 0.717) is 0 Å². The molecule has 0 aliphatic carbocycles. The molecule has 0 unspecified atom stereocenters. The van der Waals surface area contributed by atoms with Gasteiger partial charge in [0.2, 0.25) is 0 Å². The predicted molar refractivity (Wildman–Crippen MR) is 139 cm³/mol. The molecule has 1 saturated heterocycles. The van der Waals surface area contributed by atoms with Gasteiger partial charge in [0, 0.05) is 33.4 Å². The van der Waals surface area contributed by atoms with Crippen molar-refractivity contribution >= 4 is 47.7 Å². The van der Waals surface area contributed by atoms with E-state index in [1.807, 2.05) is 0 Å². The van der Waals surface area contributed by atoms with E-state index in [0.717, 1.165) is 39.5 Å². The number of carbonyl (C=O) groups is 6. The summed E-state index contributed by atoms with van der Waals surface area (Å²) in [4.78, 5) is 72.4. The number of carbonyl (C=O) groups excluding carboxylic acids is 6. The third kappa shape index (κ3) is 12.7. The molecule has 40 heavy (non-hydrogen) atoms. The van der Waals surface area contributed by atoms with Crippen LogP contribution >= 0.6 is 11.8 Å². The minimum atomic E-state index is -1.37. The summed E-state index contributed by atoms with van der Waals surface area (Å²) < 4.78 is 37.5. The first kappa shape index (κ1) is 34.7. The maximum absolute atomic E-state index is 12.7. The molecular formula is C25H37NO13S. The van der Waals surface area contributed by atoms with Crippen molar-refractivity contribution in [2.24, 2.45) is 0 Å². The molecule has 14 nitrogen and oxygen atoms in total. The summed E-state index contributed by atoms with van der Waals surface area (Å²) in [6.45, 7) is 12.3. The van der Waals surface area contributed by atoms with Crippen LogP contribution in [0.1, 0.15) is 48.5 Å². The molecule has 0 aromatic heterocycles. The fourth-order valence-corrected chi connectivity index (χ4v) is 4.60. The molecule has 0 spiro atoms. The molecule has 6 atom stereocenters. The Labute approximate surface area is 236 Å². The fourth-order valence-electron chi connectivity index (χ4n) is 3.37. The van der Waals surface area contributed by atoms with Crippen molar-refractivity contribution in [3.8, 4) is 0 Å². The summed E-state index contributed by atoms with van der Waals surface area (Å²) in [5, 5.41) is 2.43. The first-order valence-corrected chi connectivity index (χ1v) is 13.3. The van der Waals surface area contributed by atoms with E-state index in [-0.39, 0.29) is 12.4 Å². The lowest BCUT2D eigenvalue weighted by Crippen LogP contribution is -2.61. The Hall–Kier alpha value is -3.33. The van der Waals surface area contributed by atoms with Crippen LogP contribution in [0.25, 0.3) is 0 Å². The molecule has 1 amide bonds. The summed E-state index contributed by atoms with van der Waals surface area (Å²) in [7, 11) is 0. The van der Waals surface area contributed by atoms with Crippen molar-refractivity contribution in [3.63, 3.8) is 0 Å². The molecule has 0 bridgehead atoms. The van der Waals surface area contributed by atoms with Crippen LogP contribution in [0.2, 0.25) is 0 Å². The number of thioether (sulfide) groups is 1. The summed E-state index contributed by atoms with van der Waals surface area (Å²) >= 11 is 0.898. The lowest BCUT2D eigenvalue weighted by atomic mass is 9.99. The molecular weight excluding hydrogens is 554 g/mol. The van der Waals surface area contributed by atoms with Crippen molar-refractivity contribution in [1.82, 2.24) is 5.32 Å². The Morgan fingerprint density at radius 2 is 1.43 bits per heavy atom. The van der Waals surface area contributed by atoms with Gasteiger partial charge in [-0.1, -0.05) is 12.7 Å². The largest absolute Gasteiger partial charge is 0.463 e. The van der Waals surface area contributed by atoms with E-state index < -0.39 is 84.0 Å². The lowest BCUT2D eigenvalue weighted by molar-refractivity contribution is -0.237. The minimum Gasteiger partial charge on any atom is -0.463 e. The van der Waals surface area contributed by atoms with E-state index >= 15 is 0 Å². The van der Waals surface area contributed by atoms with Gasteiger partial charge in [0.1, 0.15) is 36.4 Å². The van der Waals surface area contributed by atoms with E-state index in [2.05, 4.69) is 11.9 Å². The molecule has 1 fully saturated rings. The highest BCUT2D eigenvalue weighted by Gasteiger charge is 2.52. The van der Waals surface area contributed by atoms with Gasteiger partial charge in [0.05, 0.1) is 0 Å². The molecule has 1 N–H and O–H groups in total. The second-order valence-corrected chi connectivity index (χ2v) is 10.6. The van der Waals surface area contributed by atoms with Gasteiger partial charge in [-0.25, -0.2) is 9.59 Å². The van der Waals surface area contributed by atoms with Gasteiger partial charge < -0.3 is 38.5 Å². The second kappa shape index (κ2) is 16.1. The van der Waals surface area contributed by atoms with Crippen LogP contribution in [-0.4, -0.2) is 96.4 Å². The van der Waals surface area contributed by atoms with E-state index in [9.17, 15) is 28.8 Å². The number of ether oxygens (including phenoxy) is 7. The van der Waals surface area contributed by atoms with Gasteiger partial charge in [-0.3, -0.25) is 19.2 Å². The number of hydrogen-bond acceptors (Lipinski definition) is 14. The molecule has 0 aromatic carbocycles. The predicted octanol–water partition coefficient (Wildman–Crippen LogP) is 1.43. The summed E-state index contributed by atoms with van der Waals surface area (Å²) in [6, 6.07) is -1.26. The number of nitrogens with one attached hydrogen (secondary N) is 1. The number of hydrogen-bond donors (Lipinski definition) is 1. The van der Waals surface area contributed by atoms with Crippen LogP contribution < -0.4 is 5.32 Å². The van der Waals surface area contributed by atoms with E-state index in [4.69, 9.17) is 33.2 Å². The van der Waals surface area contributed by atoms with Crippen molar-refractivity contribution in [3.05, 3.63) is 12.7 Å². The van der Waals surface area contributed by atoms with Crippen LogP contribution in [0.4, 0.5) is 4.79 Å². The Bertz CT molecular complexity index is 947. The Morgan fingerprint density at radius 3 is 1.93 bits per heavy atom. The topological polar surface area (TPSA) is 179 Å². The van der Waals surface area contributed by atoms with Gasteiger partial charge in [0.15, 0.2) is 18.3 Å². The molecule has 0 saturated carbocycles. The number of amides is 1. The minimum absolute atomic E-state index is 0.130. The second-order valence-electron chi connectivity index (χ2n) is 9.52. The highest BCUT2D eigenvalue weighted by atomic mass is 32.2. The zero-order valence-electron chi connectivity index (χ0n) is 23.6. The molecule has 1 aliphatic rings. The molecule has 0 radical (unpaired) electrons. The van der Waals surface area contributed by atoms with Gasteiger partial charge in [0.25, 0.3) is 0 Å². The Kier molecular flexibility index (Phi) is 13.9. The van der Waals surface area contributed by atoms with Crippen LogP contribution in [0.3, 0.4) is 0 Å². The smallest absolute Gasteiger partial charge is 0.408 e. The van der Waals surface area contributed by atoms with Crippen LogP contribution in [0, 0.1) is 0 Å². The zero-order valence-corrected chi connectivity index (χ0v) is 24.4. The van der Waals surface area contributed by atoms with Gasteiger partial charge in [-0.15, -0.1) is 11.8 Å². The van der Waals surface area contributed by atoms with Crippen LogP contribution in [0.5, 0.6) is 0 Å². The fraction of sp³-hybridized carbons (Fsp3) is 0.680. The highest BCUT2D eigenvalue weighted by Crippen LogP contribution is 2.34. The molecule has 1 aliphatic heterocycles. The summed E-state index contributed by atoms with van der Waals surface area (Å²) in [5.41, 5.74) is -2.01. The van der Waals surface area contributed by atoms with Crippen LogP contribution in [-0.2, 0) is 57.1 Å². The standard InChI is InChI=1S/C25H37NO13S/c1-9-10-33-22(31)17(26-24(32)39-25(6,7)8)12-40-23-21(37-16(5)30)20(36-15(4)29)19(35-14(3)28)18(38-23)11-34-13(2)27/h9,17-21,23H,1,10-12H2,2-8H3,(H,26,32)/t17-,18+,19-,20-,21+,23-/m0/s1. The summed E-state index contributed by atoms with van der Waals surface area (Å²) in [6.07, 6.45) is -4.75. The highest BCUT2D eigenvalue weighted by molar-refractivity contribution is 7.99. The number of rotatable bonds is 12. The molecule has 15 heteroatoms. The van der Waals surface area contributed by atoms with E-state index in [1.165, 1.54) is 6.08 Å². The third-order valence-corrected chi connectivity index (χ3v) is 5.93. The van der Waals surface area contributed by atoms with Crippen molar-refractivity contribution in [2.75, 3.05) is 19.0 Å². The average Bonchev–Trinajstić information content (AvgIpc) is 2.80. The van der Waals surface area contributed by atoms with Gasteiger partial charge in [-0.05, 0) is 20.8 Å².